The molecule has 0 saturated heterocycles. The lowest BCUT2D eigenvalue weighted by molar-refractivity contribution is 0.376. The molecule has 0 radical (unpaired) electrons. The molecule has 3 nitrogen and oxygen atoms in total. The van der Waals surface area contributed by atoms with E-state index in [0.29, 0.717) is 11.5 Å². The van der Waals surface area contributed by atoms with Gasteiger partial charge in [-0.15, -0.1) is 0 Å². The first-order valence-corrected chi connectivity index (χ1v) is 5.06. The maximum Gasteiger partial charge on any atom is 0.169 e. The molecule has 15 heavy (non-hydrogen) atoms. The van der Waals surface area contributed by atoms with Crippen LogP contribution in [-0.4, -0.2) is 7.11 Å². The molecule has 0 amide bonds. The largest absolute Gasteiger partial charge is 0.494 e. The first-order valence-electron chi connectivity index (χ1n) is 5.06. The highest BCUT2D eigenvalue weighted by atomic mass is 19.1. The number of benzene rings is 1. The lowest BCUT2D eigenvalue weighted by atomic mass is 10.0. The molecule has 0 heterocycles. The van der Waals surface area contributed by atoms with Crippen LogP contribution in [0.25, 0.3) is 0 Å². The van der Waals surface area contributed by atoms with E-state index in [1.165, 1.54) is 7.11 Å². The highest BCUT2D eigenvalue weighted by Gasteiger charge is 2.33. The van der Waals surface area contributed by atoms with Crippen LogP contribution in [0.4, 0.5) is 4.39 Å². The molecule has 1 aromatic carbocycles. The predicted molar refractivity (Wildman–Crippen MR) is 55.7 cm³/mol. The van der Waals surface area contributed by atoms with Crippen molar-refractivity contribution in [1.82, 2.24) is 5.43 Å². The van der Waals surface area contributed by atoms with Crippen LogP contribution in [0.15, 0.2) is 18.2 Å². The standard InChI is InChI=1S/C11H15FN2O/c1-15-9-4-2-3-8(10(9)12)11(14-13)7-5-6-7/h2-4,7,11,14H,5-6,13H2,1H3. The number of halogens is 1. The second-order valence-corrected chi connectivity index (χ2v) is 3.85. The van der Waals surface area contributed by atoms with Gasteiger partial charge in [-0.2, -0.15) is 0 Å². The molecule has 4 heteroatoms. The molecule has 82 valence electrons. The molecule has 1 aromatic rings. The quantitative estimate of drug-likeness (QED) is 0.588. The Kier molecular flexibility index (Phi) is 2.88. The third-order valence-corrected chi connectivity index (χ3v) is 2.82. The highest BCUT2D eigenvalue weighted by molar-refractivity contribution is 5.33. The summed E-state index contributed by atoms with van der Waals surface area (Å²) in [7, 11) is 1.46. The van der Waals surface area contributed by atoms with Crippen LogP contribution in [0.3, 0.4) is 0 Å². The molecule has 0 aromatic heterocycles. The van der Waals surface area contributed by atoms with Crippen LogP contribution in [0.1, 0.15) is 24.4 Å². The first kappa shape index (κ1) is 10.4. The number of nitrogens with two attached hydrogens (primary N) is 1. The average Bonchev–Trinajstić information content (AvgIpc) is 3.06. The Labute approximate surface area is 88.4 Å². The minimum Gasteiger partial charge on any atom is -0.494 e. The summed E-state index contributed by atoms with van der Waals surface area (Å²) in [5, 5.41) is 0. The molecule has 0 bridgehead atoms. The van der Waals surface area contributed by atoms with Gasteiger partial charge in [0.25, 0.3) is 0 Å². The van der Waals surface area contributed by atoms with Gasteiger partial charge in [-0.25, -0.2) is 4.39 Å². The van der Waals surface area contributed by atoms with Crippen LogP contribution in [0.5, 0.6) is 5.75 Å². The van der Waals surface area contributed by atoms with Gasteiger partial charge in [0.15, 0.2) is 11.6 Å². The van der Waals surface area contributed by atoms with E-state index in [1.54, 1.807) is 18.2 Å². The fourth-order valence-corrected chi connectivity index (χ4v) is 1.83. The van der Waals surface area contributed by atoms with Crippen molar-refractivity contribution in [3.8, 4) is 5.75 Å². The Hall–Kier alpha value is -1.13. The van der Waals surface area contributed by atoms with Crippen LogP contribution < -0.4 is 16.0 Å². The van der Waals surface area contributed by atoms with Crippen LogP contribution in [0, 0.1) is 11.7 Å². The molecule has 2 rings (SSSR count). The van der Waals surface area contributed by atoms with E-state index in [4.69, 9.17) is 10.6 Å². The molecular formula is C11H15FN2O. The van der Waals surface area contributed by atoms with E-state index in [1.807, 2.05) is 0 Å². The number of nitrogens with one attached hydrogen (secondary N) is 1. The highest BCUT2D eigenvalue weighted by Crippen LogP contribution is 2.42. The number of methoxy groups -OCH3 is 1. The summed E-state index contributed by atoms with van der Waals surface area (Å²) >= 11 is 0. The van der Waals surface area contributed by atoms with Gasteiger partial charge >= 0.3 is 0 Å². The maximum absolute atomic E-state index is 13.9. The van der Waals surface area contributed by atoms with Crippen molar-refractivity contribution >= 4 is 0 Å². The predicted octanol–water partition coefficient (Wildman–Crippen LogP) is 1.75. The lowest BCUT2D eigenvalue weighted by Crippen LogP contribution is -2.30. The zero-order valence-corrected chi connectivity index (χ0v) is 8.66. The molecular weight excluding hydrogens is 195 g/mol. The molecule has 1 unspecified atom stereocenters. The molecule has 1 aliphatic rings. The van der Waals surface area contributed by atoms with E-state index >= 15 is 0 Å². The fourth-order valence-electron chi connectivity index (χ4n) is 1.83. The topological polar surface area (TPSA) is 47.3 Å². The molecule has 1 atom stereocenters. The Morgan fingerprint density at radius 3 is 2.80 bits per heavy atom. The van der Waals surface area contributed by atoms with E-state index < -0.39 is 0 Å². The molecule has 1 saturated carbocycles. The Bertz CT molecular complexity index is 352. The monoisotopic (exact) mass is 210 g/mol. The van der Waals surface area contributed by atoms with Crippen molar-refractivity contribution in [3.05, 3.63) is 29.6 Å². The summed E-state index contributed by atoms with van der Waals surface area (Å²) in [6, 6.07) is 5.05. The summed E-state index contributed by atoms with van der Waals surface area (Å²) < 4.78 is 18.8. The van der Waals surface area contributed by atoms with E-state index in [9.17, 15) is 4.39 Å². The summed E-state index contributed by atoms with van der Waals surface area (Å²) in [5.41, 5.74) is 3.27. The van der Waals surface area contributed by atoms with Crippen molar-refractivity contribution in [1.29, 1.82) is 0 Å². The van der Waals surface area contributed by atoms with Crippen LogP contribution >= 0.6 is 0 Å². The van der Waals surface area contributed by atoms with Gasteiger partial charge in [0.05, 0.1) is 13.2 Å². The van der Waals surface area contributed by atoms with Crippen molar-refractivity contribution in [2.75, 3.05) is 7.11 Å². The van der Waals surface area contributed by atoms with Crippen molar-refractivity contribution in [3.63, 3.8) is 0 Å². The van der Waals surface area contributed by atoms with Gasteiger partial charge in [0.2, 0.25) is 0 Å². The molecule has 3 N–H and O–H groups in total. The molecule has 0 aliphatic heterocycles. The van der Waals surface area contributed by atoms with Crippen LogP contribution in [-0.2, 0) is 0 Å². The smallest absolute Gasteiger partial charge is 0.169 e. The Morgan fingerprint density at radius 2 is 2.27 bits per heavy atom. The van der Waals surface area contributed by atoms with Crippen LogP contribution in [0.2, 0.25) is 0 Å². The lowest BCUT2D eigenvalue weighted by Gasteiger charge is -2.17. The number of hydrogen-bond acceptors (Lipinski definition) is 3. The fraction of sp³-hybridized carbons (Fsp3) is 0.455. The van der Waals surface area contributed by atoms with E-state index in [2.05, 4.69) is 5.43 Å². The third-order valence-electron chi connectivity index (χ3n) is 2.82. The van der Waals surface area contributed by atoms with Gasteiger partial charge < -0.3 is 4.74 Å². The summed E-state index contributed by atoms with van der Waals surface area (Å²) in [6.45, 7) is 0. The van der Waals surface area contributed by atoms with E-state index in [-0.39, 0.29) is 17.6 Å². The minimum atomic E-state index is -0.310. The second-order valence-electron chi connectivity index (χ2n) is 3.85. The van der Waals surface area contributed by atoms with Gasteiger partial charge in [-0.3, -0.25) is 11.3 Å². The summed E-state index contributed by atoms with van der Waals surface area (Å²) in [5.74, 6) is 5.87. The molecule has 0 spiro atoms. The first-order chi connectivity index (χ1) is 7.27. The van der Waals surface area contributed by atoms with Gasteiger partial charge in [0.1, 0.15) is 0 Å². The summed E-state index contributed by atoms with van der Waals surface area (Å²) in [4.78, 5) is 0. The SMILES string of the molecule is COc1cccc(C(NN)C2CC2)c1F. The van der Waals surface area contributed by atoms with Crippen molar-refractivity contribution in [2.45, 2.75) is 18.9 Å². The Morgan fingerprint density at radius 1 is 1.53 bits per heavy atom. The zero-order chi connectivity index (χ0) is 10.8. The van der Waals surface area contributed by atoms with Crippen molar-refractivity contribution in [2.24, 2.45) is 11.8 Å². The number of hydrazine groups is 1. The Balaban J connectivity index is 2.33. The second kappa shape index (κ2) is 4.16. The van der Waals surface area contributed by atoms with Crippen molar-refractivity contribution < 1.29 is 9.13 Å². The zero-order valence-electron chi connectivity index (χ0n) is 8.66. The summed E-state index contributed by atoms with van der Waals surface area (Å²) in [6.07, 6.45) is 2.21. The van der Waals surface area contributed by atoms with Gasteiger partial charge in [-0.05, 0) is 24.8 Å². The van der Waals surface area contributed by atoms with Gasteiger partial charge in [0, 0.05) is 5.56 Å². The number of rotatable bonds is 4. The molecule has 1 aliphatic carbocycles. The van der Waals surface area contributed by atoms with Gasteiger partial charge in [-0.1, -0.05) is 12.1 Å². The number of hydrogen-bond donors (Lipinski definition) is 2. The minimum absolute atomic E-state index is 0.0971. The number of ether oxygens (including phenoxy) is 1. The molecule has 1 fully saturated rings. The third kappa shape index (κ3) is 1.96. The maximum atomic E-state index is 13.9. The van der Waals surface area contributed by atoms with E-state index in [0.717, 1.165) is 12.8 Å². The average molecular weight is 210 g/mol. The normalized spacial score (nSPS) is 17.5.